The smallest absolute Gasteiger partial charge is 0.192 e. The third-order valence-electron chi connectivity index (χ3n) is 2.59. The molecule has 0 aromatic heterocycles. The van der Waals surface area contributed by atoms with Crippen LogP contribution >= 0.6 is 23.4 Å². The highest BCUT2D eigenvalue weighted by Crippen LogP contribution is 2.39. The van der Waals surface area contributed by atoms with Gasteiger partial charge in [0.2, 0.25) is 0 Å². The molecule has 1 atom stereocenters. The lowest BCUT2D eigenvalue weighted by atomic mass is 10.0. The minimum absolute atomic E-state index is 0.0856. The van der Waals surface area contributed by atoms with Crippen LogP contribution in [-0.2, 0) is 0 Å². The van der Waals surface area contributed by atoms with E-state index in [1.54, 1.807) is 17.8 Å². The maximum absolute atomic E-state index is 12.3. The van der Waals surface area contributed by atoms with Gasteiger partial charge < -0.3 is 4.90 Å². The molecule has 90 valence electrons. The summed E-state index contributed by atoms with van der Waals surface area (Å²) in [6, 6.07) is 5.50. The number of thioether (sulfide) groups is 1. The summed E-state index contributed by atoms with van der Waals surface area (Å²) in [7, 11) is 3.84. The van der Waals surface area contributed by atoms with Gasteiger partial charge >= 0.3 is 0 Å². The Morgan fingerprint density at radius 3 is 2.76 bits per heavy atom. The minimum Gasteiger partial charge on any atom is -0.383 e. The standard InChI is InChI=1S/C13H14ClNOS/c1-8-11(7-15(2)3)13(16)10-6-9(14)4-5-12(10)17-8/h4-8H,1-3H3/t8-/m1/s1. The molecule has 0 radical (unpaired) electrons. The Bertz CT molecular complexity index is 496. The van der Waals surface area contributed by atoms with Crippen molar-refractivity contribution in [2.75, 3.05) is 14.1 Å². The number of benzene rings is 1. The molecule has 0 N–H and O–H groups in total. The first-order valence-electron chi connectivity index (χ1n) is 5.38. The molecule has 2 nitrogen and oxygen atoms in total. The van der Waals surface area contributed by atoms with Gasteiger partial charge in [0.05, 0.1) is 0 Å². The first-order valence-corrected chi connectivity index (χ1v) is 6.64. The van der Waals surface area contributed by atoms with E-state index in [0.717, 1.165) is 10.5 Å². The zero-order valence-corrected chi connectivity index (χ0v) is 11.6. The van der Waals surface area contributed by atoms with Crippen LogP contribution < -0.4 is 0 Å². The fraction of sp³-hybridized carbons (Fsp3) is 0.308. The molecule has 0 aliphatic carbocycles. The molecule has 2 rings (SSSR count). The van der Waals surface area contributed by atoms with Gasteiger partial charge in [-0.2, -0.15) is 0 Å². The highest BCUT2D eigenvalue weighted by Gasteiger charge is 2.28. The van der Waals surface area contributed by atoms with E-state index in [0.29, 0.717) is 10.6 Å². The van der Waals surface area contributed by atoms with Crippen molar-refractivity contribution in [3.63, 3.8) is 0 Å². The molecule has 1 aliphatic heterocycles. The number of ketones is 1. The van der Waals surface area contributed by atoms with Crippen molar-refractivity contribution < 1.29 is 4.79 Å². The van der Waals surface area contributed by atoms with Crippen LogP contribution in [0.5, 0.6) is 0 Å². The summed E-state index contributed by atoms with van der Waals surface area (Å²) in [6.07, 6.45) is 1.89. The molecule has 0 spiro atoms. The summed E-state index contributed by atoms with van der Waals surface area (Å²) < 4.78 is 0. The second-order valence-electron chi connectivity index (χ2n) is 4.28. The summed E-state index contributed by atoms with van der Waals surface area (Å²) in [4.78, 5) is 15.3. The van der Waals surface area contributed by atoms with Crippen molar-refractivity contribution in [1.29, 1.82) is 0 Å². The Balaban J connectivity index is 2.49. The number of rotatable bonds is 1. The normalized spacial score (nSPS) is 21.5. The molecule has 1 aliphatic rings. The van der Waals surface area contributed by atoms with Gasteiger partial charge in [-0.3, -0.25) is 4.79 Å². The third-order valence-corrected chi connectivity index (χ3v) is 4.04. The van der Waals surface area contributed by atoms with Crippen LogP contribution in [0.2, 0.25) is 5.02 Å². The molecule has 0 fully saturated rings. The van der Waals surface area contributed by atoms with Crippen molar-refractivity contribution in [2.45, 2.75) is 17.1 Å². The fourth-order valence-electron chi connectivity index (χ4n) is 1.82. The van der Waals surface area contributed by atoms with Gasteiger partial charge in [-0.1, -0.05) is 11.6 Å². The molecule has 17 heavy (non-hydrogen) atoms. The highest BCUT2D eigenvalue weighted by atomic mass is 35.5. The second-order valence-corrected chi connectivity index (χ2v) is 6.10. The van der Waals surface area contributed by atoms with E-state index in [2.05, 4.69) is 6.92 Å². The van der Waals surface area contributed by atoms with E-state index in [4.69, 9.17) is 11.6 Å². The van der Waals surface area contributed by atoms with Crippen LogP contribution in [0, 0.1) is 0 Å². The first kappa shape index (κ1) is 12.5. The Hall–Kier alpha value is -0.930. The quantitative estimate of drug-likeness (QED) is 0.727. The van der Waals surface area contributed by atoms with Gasteiger partial charge in [0.1, 0.15) is 0 Å². The Morgan fingerprint density at radius 1 is 1.41 bits per heavy atom. The molecule has 0 unspecified atom stereocenters. The predicted octanol–water partition coefficient (Wildman–Crippen LogP) is 3.46. The fourth-order valence-corrected chi connectivity index (χ4v) is 3.09. The lowest BCUT2D eigenvalue weighted by molar-refractivity contribution is 0.102. The third kappa shape index (κ3) is 2.50. The van der Waals surface area contributed by atoms with Crippen LogP contribution in [0.1, 0.15) is 17.3 Å². The zero-order chi connectivity index (χ0) is 12.6. The zero-order valence-electron chi connectivity index (χ0n) is 10.0. The average molecular weight is 268 g/mol. The Morgan fingerprint density at radius 2 is 2.12 bits per heavy atom. The Kier molecular flexibility index (Phi) is 3.50. The molecular weight excluding hydrogens is 254 g/mol. The largest absolute Gasteiger partial charge is 0.383 e. The molecular formula is C13H14ClNOS. The number of Topliss-reactive ketones (excluding diaryl/α,β-unsaturated/α-hetero) is 1. The summed E-state index contributed by atoms with van der Waals surface area (Å²) >= 11 is 7.64. The van der Waals surface area contributed by atoms with Gasteiger partial charge in [0.15, 0.2) is 5.78 Å². The van der Waals surface area contributed by atoms with E-state index in [9.17, 15) is 4.79 Å². The van der Waals surface area contributed by atoms with Crippen LogP contribution in [-0.4, -0.2) is 30.0 Å². The lowest BCUT2D eigenvalue weighted by Crippen LogP contribution is -2.21. The molecule has 1 aromatic rings. The van der Waals surface area contributed by atoms with Gasteiger partial charge in [-0.05, 0) is 25.1 Å². The summed E-state index contributed by atoms with van der Waals surface area (Å²) in [5.74, 6) is 0.0856. The minimum atomic E-state index is 0.0856. The van der Waals surface area contributed by atoms with E-state index < -0.39 is 0 Å². The number of carbonyl (C=O) groups excluding carboxylic acids is 1. The maximum Gasteiger partial charge on any atom is 0.192 e. The van der Waals surface area contributed by atoms with E-state index in [1.165, 1.54) is 0 Å². The second kappa shape index (κ2) is 4.75. The van der Waals surface area contributed by atoms with E-state index in [-0.39, 0.29) is 11.0 Å². The van der Waals surface area contributed by atoms with Crippen LogP contribution in [0.3, 0.4) is 0 Å². The monoisotopic (exact) mass is 267 g/mol. The molecule has 0 saturated heterocycles. The molecule has 0 saturated carbocycles. The molecule has 0 amide bonds. The van der Waals surface area contributed by atoms with Crippen molar-refractivity contribution in [3.05, 3.63) is 40.6 Å². The van der Waals surface area contributed by atoms with Crippen LogP contribution in [0.4, 0.5) is 0 Å². The summed E-state index contributed by atoms with van der Waals surface area (Å²) in [5, 5.41) is 0.787. The SMILES string of the molecule is C[C@H]1Sc2ccc(Cl)cc2C(=O)C1=CN(C)C. The van der Waals surface area contributed by atoms with Crippen molar-refractivity contribution in [3.8, 4) is 0 Å². The number of hydrogen-bond donors (Lipinski definition) is 0. The van der Waals surface area contributed by atoms with Gasteiger partial charge in [-0.25, -0.2) is 0 Å². The van der Waals surface area contributed by atoms with Crippen LogP contribution in [0.25, 0.3) is 0 Å². The summed E-state index contributed by atoms with van der Waals surface area (Å²) in [5.41, 5.74) is 1.54. The average Bonchev–Trinajstić information content (AvgIpc) is 2.25. The number of nitrogens with zero attached hydrogens (tertiary/aromatic N) is 1. The molecule has 1 aromatic carbocycles. The molecule has 0 bridgehead atoms. The maximum atomic E-state index is 12.3. The van der Waals surface area contributed by atoms with Gasteiger partial charge in [-0.15, -0.1) is 11.8 Å². The van der Waals surface area contributed by atoms with Crippen LogP contribution in [0.15, 0.2) is 34.9 Å². The number of fused-ring (bicyclic) bond motifs is 1. The highest BCUT2D eigenvalue weighted by molar-refractivity contribution is 8.00. The molecule has 1 heterocycles. The van der Waals surface area contributed by atoms with Crippen molar-refractivity contribution in [2.24, 2.45) is 0 Å². The number of halogens is 1. The van der Waals surface area contributed by atoms with Gasteiger partial charge in [0.25, 0.3) is 0 Å². The number of hydrogen-bond acceptors (Lipinski definition) is 3. The lowest BCUT2D eigenvalue weighted by Gasteiger charge is -2.24. The van der Waals surface area contributed by atoms with Crippen molar-refractivity contribution in [1.82, 2.24) is 4.90 Å². The van der Waals surface area contributed by atoms with E-state index in [1.807, 2.05) is 37.3 Å². The summed E-state index contributed by atoms with van der Waals surface area (Å²) in [6.45, 7) is 2.05. The Labute approximate surface area is 111 Å². The van der Waals surface area contributed by atoms with E-state index >= 15 is 0 Å². The molecule has 4 heteroatoms. The predicted molar refractivity (Wildman–Crippen MR) is 72.9 cm³/mol. The topological polar surface area (TPSA) is 20.3 Å². The van der Waals surface area contributed by atoms with Crippen molar-refractivity contribution >= 4 is 29.1 Å². The van der Waals surface area contributed by atoms with Gasteiger partial charge in [0, 0.05) is 46.6 Å². The first-order chi connectivity index (χ1) is 7.99. The number of carbonyl (C=O) groups is 1.